The van der Waals surface area contributed by atoms with Crippen LogP contribution in [0.1, 0.15) is 67.3 Å². The first-order valence-electron chi connectivity index (χ1n) is 9.95. The number of rotatable bonds is 6. The van der Waals surface area contributed by atoms with Crippen LogP contribution in [0.2, 0.25) is 0 Å². The van der Waals surface area contributed by atoms with E-state index in [0.29, 0.717) is 17.5 Å². The van der Waals surface area contributed by atoms with Crippen molar-refractivity contribution in [3.8, 4) is 5.88 Å². The molecule has 0 aliphatic carbocycles. The van der Waals surface area contributed by atoms with E-state index in [1.165, 1.54) is 12.1 Å². The highest BCUT2D eigenvalue weighted by molar-refractivity contribution is 6.00. The van der Waals surface area contributed by atoms with Gasteiger partial charge in [0.2, 0.25) is 5.88 Å². The highest BCUT2D eigenvalue weighted by atomic mass is 16.5. The molecule has 29 heavy (non-hydrogen) atoms. The quantitative estimate of drug-likeness (QED) is 0.739. The number of carbonyl (C=O) groups is 2. The standard InChI is InChI=1S/C23H31N3O3/c1-7-16-11-13-17(14-12-16)20(27)25-26(19(8-2)23(3,4)5)22(28)18-10-9-15-24-21(18)29-6/h9-15,19H,7-8H2,1-6H3,(H,25,27). The Kier molecular flexibility index (Phi) is 7.37. The molecule has 0 spiro atoms. The fourth-order valence-corrected chi connectivity index (χ4v) is 3.36. The van der Waals surface area contributed by atoms with Gasteiger partial charge in [0.25, 0.3) is 11.8 Å². The number of aryl methyl sites for hydroxylation is 1. The summed E-state index contributed by atoms with van der Waals surface area (Å²) in [5, 5.41) is 1.43. The van der Waals surface area contributed by atoms with E-state index in [4.69, 9.17) is 4.74 Å². The summed E-state index contributed by atoms with van der Waals surface area (Å²) in [6, 6.07) is 10.5. The van der Waals surface area contributed by atoms with Crippen LogP contribution in [0, 0.1) is 5.41 Å². The van der Waals surface area contributed by atoms with Crippen molar-refractivity contribution in [2.45, 2.75) is 53.5 Å². The average molecular weight is 398 g/mol. The average Bonchev–Trinajstić information content (AvgIpc) is 2.71. The minimum Gasteiger partial charge on any atom is -0.480 e. The van der Waals surface area contributed by atoms with Gasteiger partial charge < -0.3 is 4.74 Å². The van der Waals surface area contributed by atoms with Gasteiger partial charge in [0.15, 0.2) is 0 Å². The van der Waals surface area contributed by atoms with Gasteiger partial charge in [-0.05, 0) is 48.1 Å². The lowest BCUT2D eigenvalue weighted by atomic mass is 9.84. The molecule has 1 N–H and O–H groups in total. The largest absolute Gasteiger partial charge is 0.480 e. The number of pyridine rings is 1. The number of methoxy groups -OCH3 is 1. The van der Waals surface area contributed by atoms with E-state index in [1.807, 2.05) is 39.8 Å². The summed E-state index contributed by atoms with van der Waals surface area (Å²) < 4.78 is 5.26. The maximum Gasteiger partial charge on any atom is 0.278 e. The number of ether oxygens (including phenoxy) is 1. The molecule has 0 bridgehead atoms. The molecule has 0 fully saturated rings. The van der Waals surface area contributed by atoms with Crippen LogP contribution in [0.5, 0.6) is 5.88 Å². The maximum absolute atomic E-state index is 13.4. The predicted octanol–water partition coefficient (Wildman–Crippen LogP) is 4.26. The summed E-state index contributed by atoms with van der Waals surface area (Å²) in [6.45, 7) is 10.2. The molecule has 6 heteroatoms. The SMILES string of the molecule is CCc1ccc(C(=O)NN(C(=O)c2cccnc2OC)C(CC)C(C)(C)C)cc1. The fraction of sp³-hybridized carbons (Fsp3) is 0.435. The Morgan fingerprint density at radius 2 is 1.79 bits per heavy atom. The van der Waals surface area contributed by atoms with E-state index in [2.05, 4.69) is 17.3 Å². The molecule has 1 unspecified atom stereocenters. The molecule has 1 aromatic heterocycles. The van der Waals surface area contributed by atoms with Gasteiger partial charge in [-0.3, -0.25) is 15.0 Å². The molecule has 2 rings (SSSR count). The Morgan fingerprint density at radius 1 is 1.14 bits per heavy atom. The summed E-state index contributed by atoms with van der Waals surface area (Å²) in [5.74, 6) is -0.449. The molecule has 2 aromatic rings. The van der Waals surface area contributed by atoms with Crippen LogP contribution in [0.3, 0.4) is 0 Å². The maximum atomic E-state index is 13.4. The van der Waals surface area contributed by atoms with Crippen molar-refractivity contribution in [1.29, 1.82) is 0 Å². The Morgan fingerprint density at radius 3 is 2.31 bits per heavy atom. The van der Waals surface area contributed by atoms with Crippen molar-refractivity contribution < 1.29 is 14.3 Å². The van der Waals surface area contributed by atoms with Gasteiger partial charge >= 0.3 is 0 Å². The van der Waals surface area contributed by atoms with E-state index in [0.717, 1.165) is 12.0 Å². The number of nitrogens with zero attached hydrogens (tertiary/aromatic N) is 2. The lowest BCUT2D eigenvalue weighted by molar-refractivity contribution is 0.0282. The smallest absolute Gasteiger partial charge is 0.278 e. The van der Waals surface area contributed by atoms with Gasteiger partial charge in [-0.25, -0.2) is 9.99 Å². The highest BCUT2D eigenvalue weighted by Gasteiger charge is 2.35. The van der Waals surface area contributed by atoms with Gasteiger partial charge in [-0.15, -0.1) is 0 Å². The number of amides is 2. The first-order chi connectivity index (χ1) is 13.7. The van der Waals surface area contributed by atoms with Crippen molar-refractivity contribution in [2.24, 2.45) is 5.41 Å². The van der Waals surface area contributed by atoms with E-state index in [-0.39, 0.29) is 29.2 Å². The van der Waals surface area contributed by atoms with Crippen molar-refractivity contribution in [3.05, 3.63) is 59.3 Å². The molecule has 2 amide bonds. The summed E-state index contributed by atoms with van der Waals surface area (Å²) in [4.78, 5) is 30.5. The fourth-order valence-electron chi connectivity index (χ4n) is 3.36. The second kappa shape index (κ2) is 9.54. The molecule has 1 heterocycles. The Balaban J connectivity index is 2.41. The molecular formula is C23H31N3O3. The van der Waals surface area contributed by atoms with Crippen LogP contribution in [0.25, 0.3) is 0 Å². The monoisotopic (exact) mass is 397 g/mol. The minimum atomic E-state index is -0.352. The Labute approximate surface area is 173 Å². The van der Waals surface area contributed by atoms with Gasteiger partial charge in [0, 0.05) is 11.8 Å². The second-order valence-electron chi connectivity index (χ2n) is 8.02. The first-order valence-corrected chi connectivity index (χ1v) is 9.95. The van der Waals surface area contributed by atoms with Crippen LogP contribution >= 0.6 is 0 Å². The van der Waals surface area contributed by atoms with E-state index in [1.54, 1.807) is 30.5 Å². The second-order valence-corrected chi connectivity index (χ2v) is 8.02. The number of hydrogen-bond acceptors (Lipinski definition) is 4. The Hall–Kier alpha value is -2.89. The lowest BCUT2D eigenvalue weighted by Crippen LogP contribution is -2.56. The number of aromatic nitrogens is 1. The van der Waals surface area contributed by atoms with Crippen LogP contribution in [0.15, 0.2) is 42.6 Å². The number of hydrogen-bond donors (Lipinski definition) is 1. The number of nitrogens with one attached hydrogen (secondary N) is 1. The van der Waals surface area contributed by atoms with Gasteiger partial charge in [-0.2, -0.15) is 0 Å². The number of carbonyl (C=O) groups excluding carboxylic acids is 2. The molecule has 156 valence electrons. The van der Waals surface area contributed by atoms with E-state index >= 15 is 0 Å². The zero-order valence-corrected chi connectivity index (χ0v) is 18.2. The van der Waals surface area contributed by atoms with Crippen LogP contribution in [-0.4, -0.2) is 35.0 Å². The molecule has 0 aliphatic rings. The molecule has 1 atom stereocenters. The lowest BCUT2D eigenvalue weighted by Gasteiger charge is -2.39. The Bertz CT molecular complexity index is 841. The van der Waals surface area contributed by atoms with Gasteiger partial charge in [-0.1, -0.05) is 46.8 Å². The van der Waals surface area contributed by atoms with E-state index < -0.39 is 0 Å². The topological polar surface area (TPSA) is 71.5 Å². The number of hydrazine groups is 1. The molecule has 1 aromatic carbocycles. The van der Waals surface area contributed by atoms with Gasteiger partial charge in [0.1, 0.15) is 5.56 Å². The van der Waals surface area contributed by atoms with Crippen molar-refractivity contribution in [1.82, 2.24) is 15.4 Å². The van der Waals surface area contributed by atoms with E-state index in [9.17, 15) is 9.59 Å². The molecule has 0 saturated heterocycles. The summed E-state index contributed by atoms with van der Waals surface area (Å²) in [6.07, 6.45) is 3.14. The molecule has 0 aliphatic heterocycles. The van der Waals surface area contributed by atoms with Crippen LogP contribution in [0.4, 0.5) is 0 Å². The summed E-state index contributed by atoms with van der Waals surface area (Å²) >= 11 is 0. The molecule has 0 saturated carbocycles. The minimum absolute atomic E-state index is 0.223. The first kappa shape index (κ1) is 22.4. The predicted molar refractivity (Wildman–Crippen MR) is 114 cm³/mol. The third-order valence-corrected chi connectivity index (χ3v) is 4.96. The summed E-state index contributed by atoms with van der Waals surface area (Å²) in [7, 11) is 1.47. The normalized spacial score (nSPS) is 12.2. The summed E-state index contributed by atoms with van der Waals surface area (Å²) in [5.41, 5.74) is 4.54. The van der Waals surface area contributed by atoms with Crippen molar-refractivity contribution in [3.63, 3.8) is 0 Å². The highest BCUT2D eigenvalue weighted by Crippen LogP contribution is 2.28. The zero-order chi connectivity index (χ0) is 21.6. The van der Waals surface area contributed by atoms with Crippen molar-refractivity contribution in [2.75, 3.05) is 7.11 Å². The zero-order valence-electron chi connectivity index (χ0n) is 18.2. The van der Waals surface area contributed by atoms with Crippen LogP contribution < -0.4 is 10.2 Å². The van der Waals surface area contributed by atoms with Gasteiger partial charge in [0.05, 0.1) is 13.2 Å². The number of benzene rings is 1. The third-order valence-electron chi connectivity index (χ3n) is 4.96. The molecule has 0 radical (unpaired) electrons. The molecule has 6 nitrogen and oxygen atoms in total. The van der Waals surface area contributed by atoms with Crippen LogP contribution in [-0.2, 0) is 6.42 Å². The van der Waals surface area contributed by atoms with Crippen molar-refractivity contribution >= 4 is 11.8 Å². The third kappa shape index (κ3) is 5.34. The molecular weight excluding hydrogens is 366 g/mol.